The number of carbonyl (C=O) groups is 1. The quantitative estimate of drug-likeness (QED) is 0.465. The number of ether oxygens (including phenoxy) is 2. The molecule has 2 aromatic heterocycles. The Hall–Kier alpha value is -3.27. The number of aryl methyl sites for hydroxylation is 1. The van der Waals surface area contributed by atoms with Crippen LogP contribution in [0.4, 0.5) is 9.18 Å². The number of halogens is 1. The molecular formula is C26H31FN4O5. The van der Waals surface area contributed by atoms with E-state index in [0.717, 1.165) is 50.0 Å². The summed E-state index contributed by atoms with van der Waals surface area (Å²) in [5.41, 5.74) is 2.73. The summed E-state index contributed by atoms with van der Waals surface area (Å²) in [6.45, 7) is 6.89. The molecule has 0 radical (unpaired) electrons. The van der Waals surface area contributed by atoms with Gasteiger partial charge >= 0.3 is 6.16 Å². The van der Waals surface area contributed by atoms with Gasteiger partial charge in [-0.15, -0.1) is 0 Å². The van der Waals surface area contributed by atoms with Crippen LogP contribution in [-0.2, 0) is 22.4 Å². The van der Waals surface area contributed by atoms with Gasteiger partial charge in [-0.3, -0.25) is 9.36 Å². The minimum Gasteiger partial charge on any atom is -0.435 e. The number of carbonyl (C=O) groups excluding carboxylic acids is 1. The van der Waals surface area contributed by atoms with Crippen molar-refractivity contribution in [2.75, 3.05) is 26.2 Å². The normalized spacial score (nSPS) is 18.8. The monoisotopic (exact) mass is 498 g/mol. The van der Waals surface area contributed by atoms with Crippen molar-refractivity contribution in [3.8, 4) is 0 Å². The van der Waals surface area contributed by atoms with Gasteiger partial charge in [0, 0.05) is 41.7 Å². The fourth-order valence-electron chi connectivity index (χ4n) is 5.34. The lowest BCUT2D eigenvalue weighted by Gasteiger charge is -2.31. The fourth-order valence-corrected chi connectivity index (χ4v) is 5.34. The number of benzene rings is 1. The molecule has 1 unspecified atom stereocenters. The Morgan fingerprint density at radius 2 is 2.03 bits per heavy atom. The third-order valence-electron chi connectivity index (χ3n) is 7.25. The summed E-state index contributed by atoms with van der Waals surface area (Å²) < 4.78 is 30.8. The number of hydrogen-bond acceptors (Lipinski definition) is 8. The molecule has 0 aliphatic carbocycles. The van der Waals surface area contributed by atoms with Crippen LogP contribution in [0.15, 0.2) is 27.5 Å². The van der Waals surface area contributed by atoms with Crippen molar-refractivity contribution in [2.24, 2.45) is 0 Å². The standard InChI is InChI=1S/C26H31FN4O5/c1-3-34-26(33)35-21-5-4-11-31-24(21)28-16(2)19(25(31)32)10-14-30-12-8-17(9-13-30)23-20-7-6-18(27)15-22(20)36-29-23/h6-7,15,17,21H,3-5,8-14H2,1-2H3. The lowest BCUT2D eigenvalue weighted by atomic mass is 9.91. The van der Waals surface area contributed by atoms with E-state index in [-0.39, 0.29) is 23.9 Å². The van der Waals surface area contributed by atoms with E-state index >= 15 is 0 Å². The van der Waals surface area contributed by atoms with Crippen LogP contribution < -0.4 is 5.56 Å². The number of hydrogen-bond donors (Lipinski definition) is 0. The molecule has 4 heterocycles. The van der Waals surface area contributed by atoms with Crippen molar-refractivity contribution in [2.45, 2.75) is 64.5 Å². The predicted molar refractivity (Wildman–Crippen MR) is 129 cm³/mol. The molecule has 36 heavy (non-hydrogen) atoms. The molecule has 2 aliphatic heterocycles. The lowest BCUT2D eigenvalue weighted by molar-refractivity contribution is 0.0122. The van der Waals surface area contributed by atoms with E-state index in [9.17, 15) is 14.0 Å². The molecule has 1 fully saturated rings. The molecule has 10 heteroatoms. The summed E-state index contributed by atoms with van der Waals surface area (Å²) in [6.07, 6.45) is 2.51. The average Bonchev–Trinajstić information content (AvgIpc) is 3.28. The third kappa shape index (κ3) is 4.86. The molecule has 0 bridgehead atoms. The van der Waals surface area contributed by atoms with E-state index in [4.69, 9.17) is 14.0 Å². The maximum atomic E-state index is 13.5. The zero-order valence-electron chi connectivity index (χ0n) is 20.7. The zero-order valence-corrected chi connectivity index (χ0v) is 20.7. The van der Waals surface area contributed by atoms with Crippen molar-refractivity contribution in [3.63, 3.8) is 0 Å². The van der Waals surface area contributed by atoms with Gasteiger partial charge in [0.25, 0.3) is 5.56 Å². The Balaban J connectivity index is 1.22. The van der Waals surface area contributed by atoms with Crippen LogP contribution in [-0.4, -0.2) is 52.0 Å². The number of likely N-dealkylation sites (tertiary alicyclic amines) is 1. The SMILES string of the molecule is CCOC(=O)OC1CCCn2c1nc(C)c(CCN1CCC(c3noc4cc(F)ccc34)CC1)c2=O. The first-order chi connectivity index (χ1) is 17.4. The number of fused-ring (bicyclic) bond motifs is 2. The molecule has 3 aromatic rings. The highest BCUT2D eigenvalue weighted by molar-refractivity contribution is 5.79. The number of nitrogens with zero attached hydrogens (tertiary/aromatic N) is 4. The molecule has 2 aliphatic rings. The fraction of sp³-hybridized carbons (Fsp3) is 0.538. The highest BCUT2D eigenvalue weighted by Crippen LogP contribution is 2.33. The van der Waals surface area contributed by atoms with Crippen LogP contribution in [0.25, 0.3) is 11.0 Å². The lowest BCUT2D eigenvalue weighted by Crippen LogP contribution is -2.38. The first kappa shape index (κ1) is 24.4. The first-order valence-corrected chi connectivity index (χ1v) is 12.7. The minimum atomic E-state index is -0.735. The van der Waals surface area contributed by atoms with E-state index in [2.05, 4.69) is 15.0 Å². The van der Waals surface area contributed by atoms with Gasteiger partial charge in [0.15, 0.2) is 17.5 Å². The van der Waals surface area contributed by atoms with Crippen molar-refractivity contribution in [3.05, 3.63) is 57.1 Å². The second kappa shape index (κ2) is 10.4. The van der Waals surface area contributed by atoms with E-state index in [0.29, 0.717) is 42.1 Å². The van der Waals surface area contributed by atoms with Crippen molar-refractivity contribution < 1.29 is 23.2 Å². The smallest absolute Gasteiger partial charge is 0.435 e. The molecule has 0 spiro atoms. The Labute approximate surface area is 208 Å². The van der Waals surface area contributed by atoms with Gasteiger partial charge in [-0.25, -0.2) is 14.2 Å². The van der Waals surface area contributed by atoms with Crippen LogP contribution in [0.2, 0.25) is 0 Å². The molecule has 0 N–H and O–H groups in total. The summed E-state index contributed by atoms with van der Waals surface area (Å²) in [5, 5.41) is 5.10. The number of rotatable bonds is 6. The van der Waals surface area contributed by atoms with Gasteiger partial charge in [-0.2, -0.15) is 0 Å². The molecular weight excluding hydrogens is 467 g/mol. The Morgan fingerprint density at radius 3 is 2.81 bits per heavy atom. The highest BCUT2D eigenvalue weighted by atomic mass is 19.1. The van der Waals surface area contributed by atoms with E-state index in [1.807, 2.05) is 6.92 Å². The first-order valence-electron chi connectivity index (χ1n) is 12.7. The van der Waals surface area contributed by atoms with Crippen LogP contribution in [0.5, 0.6) is 0 Å². The van der Waals surface area contributed by atoms with Crippen LogP contribution in [0.1, 0.15) is 67.4 Å². The summed E-state index contributed by atoms with van der Waals surface area (Å²) in [4.78, 5) is 32.2. The Morgan fingerprint density at radius 1 is 1.22 bits per heavy atom. The molecule has 1 atom stereocenters. The van der Waals surface area contributed by atoms with Gasteiger partial charge in [0.05, 0.1) is 12.3 Å². The van der Waals surface area contributed by atoms with Crippen molar-refractivity contribution in [1.29, 1.82) is 0 Å². The van der Waals surface area contributed by atoms with Gasteiger partial charge in [0.1, 0.15) is 5.82 Å². The Kier molecular flexibility index (Phi) is 7.04. The third-order valence-corrected chi connectivity index (χ3v) is 7.25. The van der Waals surface area contributed by atoms with Crippen molar-refractivity contribution in [1.82, 2.24) is 19.6 Å². The summed E-state index contributed by atoms with van der Waals surface area (Å²) in [7, 11) is 0. The van der Waals surface area contributed by atoms with E-state index in [1.54, 1.807) is 17.6 Å². The molecule has 0 amide bonds. The van der Waals surface area contributed by atoms with E-state index in [1.165, 1.54) is 12.1 Å². The second-order valence-electron chi connectivity index (χ2n) is 9.50. The minimum absolute atomic E-state index is 0.0501. The number of piperidine rings is 1. The second-order valence-corrected chi connectivity index (χ2v) is 9.50. The molecule has 5 rings (SSSR count). The average molecular weight is 499 g/mol. The van der Waals surface area contributed by atoms with Crippen LogP contribution >= 0.6 is 0 Å². The summed E-state index contributed by atoms with van der Waals surface area (Å²) >= 11 is 0. The highest BCUT2D eigenvalue weighted by Gasteiger charge is 2.29. The summed E-state index contributed by atoms with van der Waals surface area (Å²) in [6, 6.07) is 4.56. The van der Waals surface area contributed by atoms with Crippen molar-refractivity contribution >= 4 is 17.1 Å². The largest absolute Gasteiger partial charge is 0.508 e. The maximum Gasteiger partial charge on any atom is 0.508 e. The Bertz CT molecular complexity index is 1310. The molecule has 1 saturated heterocycles. The molecule has 1 aromatic carbocycles. The van der Waals surface area contributed by atoms with Gasteiger partial charge in [-0.1, -0.05) is 5.16 Å². The van der Waals surface area contributed by atoms with Crippen LogP contribution in [0.3, 0.4) is 0 Å². The topological polar surface area (TPSA) is 99.7 Å². The number of aromatic nitrogens is 3. The van der Waals surface area contributed by atoms with Gasteiger partial charge in [0.2, 0.25) is 0 Å². The van der Waals surface area contributed by atoms with Gasteiger partial charge in [-0.05, 0) is 71.2 Å². The van der Waals surface area contributed by atoms with Crippen LogP contribution in [0, 0.1) is 12.7 Å². The van der Waals surface area contributed by atoms with E-state index < -0.39 is 12.3 Å². The zero-order chi connectivity index (χ0) is 25.2. The molecule has 192 valence electrons. The summed E-state index contributed by atoms with van der Waals surface area (Å²) in [5.74, 6) is 0.438. The molecule has 0 saturated carbocycles. The van der Waals surface area contributed by atoms with Gasteiger partial charge < -0.3 is 18.9 Å². The predicted octanol–water partition coefficient (Wildman–Crippen LogP) is 4.26. The molecule has 9 nitrogen and oxygen atoms in total. The maximum absolute atomic E-state index is 13.5.